The van der Waals surface area contributed by atoms with Gasteiger partial charge in [-0.3, -0.25) is 4.79 Å². The zero-order valence-corrected chi connectivity index (χ0v) is 18.3. The molecule has 7 nitrogen and oxygen atoms in total. The molecule has 1 amide bonds. The van der Waals surface area contributed by atoms with Crippen molar-refractivity contribution in [3.63, 3.8) is 0 Å². The van der Waals surface area contributed by atoms with Crippen molar-refractivity contribution in [3.05, 3.63) is 48.0 Å². The zero-order chi connectivity index (χ0) is 21.3. The molecule has 0 spiro atoms. The van der Waals surface area contributed by atoms with Gasteiger partial charge in [0.15, 0.2) is 9.84 Å². The molecular weight excluding hydrogens is 424 g/mol. The van der Waals surface area contributed by atoms with Crippen molar-refractivity contribution >= 4 is 37.3 Å². The first kappa shape index (κ1) is 20.6. The smallest absolute Gasteiger partial charge is 0.274 e. The lowest BCUT2D eigenvalue weighted by Crippen LogP contribution is -2.41. The fourth-order valence-electron chi connectivity index (χ4n) is 3.41. The third kappa shape index (κ3) is 4.41. The minimum atomic E-state index is -3.27. The molecule has 4 rings (SSSR count). The number of hydrogen-bond donors (Lipinski definition) is 0. The lowest BCUT2D eigenvalue weighted by atomic mass is 10.1. The molecule has 30 heavy (non-hydrogen) atoms. The number of amides is 1. The standard InChI is InChI=1S/C21H22N2O5S2/c1-27-16-5-8-18-19(13-16)29-21(22-18)28-15-9-11-23(12-10-15)20(24)14-3-6-17(7-4-14)30(2,25)26/h3-8,13,15H,9-12H2,1-2H3. The SMILES string of the molecule is COc1ccc2nc(OC3CCN(C(=O)c4ccc(S(C)(=O)=O)cc4)CC3)sc2c1. The summed E-state index contributed by atoms with van der Waals surface area (Å²) >= 11 is 1.48. The number of methoxy groups -OCH3 is 1. The maximum atomic E-state index is 12.7. The summed E-state index contributed by atoms with van der Waals surface area (Å²) in [5.41, 5.74) is 1.36. The van der Waals surface area contributed by atoms with Crippen LogP contribution in [0.2, 0.25) is 0 Å². The number of benzene rings is 2. The molecule has 9 heteroatoms. The van der Waals surface area contributed by atoms with Gasteiger partial charge in [-0.25, -0.2) is 13.4 Å². The number of hydrogen-bond acceptors (Lipinski definition) is 7. The van der Waals surface area contributed by atoms with Crippen LogP contribution in [-0.4, -0.2) is 56.8 Å². The Balaban J connectivity index is 1.36. The Kier molecular flexibility index (Phi) is 5.66. The molecule has 1 aliphatic rings. The topological polar surface area (TPSA) is 85.8 Å². The number of aromatic nitrogens is 1. The number of nitrogens with zero attached hydrogens (tertiary/aromatic N) is 2. The van der Waals surface area contributed by atoms with E-state index in [-0.39, 0.29) is 16.9 Å². The summed E-state index contributed by atoms with van der Waals surface area (Å²) in [4.78, 5) is 19.2. The molecule has 2 heterocycles. The van der Waals surface area contributed by atoms with Crippen molar-refractivity contribution in [1.29, 1.82) is 0 Å². The highest BCUT2D eigenvalue weighted by molar-refractivity contribution is 7.90. The summed E-state index contributed by atoms with van der Waals surface area (Å²) in [7, 11) is -1.64. The van der Waals surface area contributed by atoms with E-state index in [1.165, 1.54) is 23.5 Å². The average Bonchev–Trinajstić information content (AvgIpc) is 3.14. The Morgan fingerprint density at radius 1 is 1.13 bits per heavy atom. The maximum absolute atomic E-state index is 12.7. The number of likely N-dealkylation sites (tertiary alicyclic amines) is 1. The van der Waals surface area contributed by atoms with E-state index < -0.39 is 9.84 Å². The van der Waals surface area contributed by atoms with Crippen molar-refractivity contribution < 1.29 is 22.7 Å². The molecule has 0 atom stereocenters. The monoisotopic (exact) mass is 446 g/mol. The second kappa shape index (κ2) is 8.23. The van der Waals surface area contributed by atoms with Crippen LogP contribution in [0.15, 0.2) is 47.4 Å². The van der Waals surface area contributed by atoms with Gasteiger partial charge in [0.1, 0.15) is 11.9 Å². The van der Waals surface area contributed by atoms with Crippen molar-refractivity contribution in [2.45, 2.75) is 23.8 Å². The minimum Gasteiger partial charge on any atom is -0.497 e. The Labute approximate surface area is 179 Å². The van der Waals surface area contributed by atoms with E-state index >= 15 is 0 Å². The molecule has 1 aliphatic heterocycles. The summed E-state index contributed by atoms with van der Waals surface area (Å²) < 4.78 is 35.5. The van der Waals surface area contributed by atoms with Gasteiger partial charge >= 0.3 is 0 Å². The Hall–Kier alpha value is -2.65. The molecular formula is C21H22N2O5S2. The van der Waals surface area contributed by atoms with Crippen molar-refractivity contribution in [2.24, 2.45) is 0 Å². The second-order valence-electron chi connectivity index (χ2n) is 7.22. The van der Waals surface area contributed by atoms with Gasteiger partial charge in [0.25, 0.3) is 11.1 Å². The molecule has 1 aromatic heterocycles. The van der Waals surface area contributed by atoms with Crippen LogP contribution in [0.3, 0.4) is 0 Å². The van der Waals surface area contributed by atoms with Crippen LogP contribution in [0.1, 0.15) is 23.2 Å². The van der Waals surface area contributed by atoms with Crippen LogP contribution in [0.25, 0.3) is 10.2 Å². The predicted molar refractivity (Wildman–Crippen MR) is 115 cm³/mol. The van der Waals surface area contributed by atoms with Gasteiger partial charge in [-0.2, -0.15) is 0 Å². The molecule has 0 saturated carbocycles. The molecule has 3 aromatic rings. The predicted octanol–water partition coefficient (Wildman–Crippen LogP) is 3.39. The summed E-state index contributed by atoms with van der Waals surface area (Å²) in [6, 6.07) is 11.8. The molecule has 0 N–H and O–H groups in total. The van der Waals surface area contributed by atoms with E-state index in [0.717, 1.165) is 22.2 Å². The quantitative estimate of drug-likeness (QED) is 0.597. The van der Waals surface area contributed by atoms with Gasteiger partial charge < -0.3 is 14.4 Å². The van der Waals surface area contributed by atoms with Crippen LogP contribution in [-0.2, 0) is 9.84 Å². The molecule has 0 bridgehead atoms. The van der Waals surface area contributed by atoms with Crippen LogP contribution < -0.4 is 9.47 Å². The number of sulfone groups is 1. The maximum Gasteiger partial charge on any atom is 0.274 e. The summed E-state index contributed by atoms with van der Waals surface area (Å²) in [5.74, 6) is 0.690. The van der Waals surface area contributed by atoms with Crippen molar-refractivity contribution in [1.82, 2.24) is 9.88 Å². The Morgan fingerprint density at radius 3 is 2.47 bits per heavy atom. The molecule has 0 aliphatic carbocycles. The number of ether oxygens (including phenoxy) is 2. The lowest BCUT2D eigenvalue weighted by Gasteiger charge is -2.31. The van der Waals surface area contributed by atoms with Gasteiger partial charge in [-0.1, -0.05) is 11.3 Å². The van der Waals surface area contributed by atoms with Gasteiger partial charge in [0, 0.05) is 37.8 Å². The molecule has 1 saturated heterocycles. The van der Waals surface area contributed by atoms with Gasteiger partial charge in [0.05, 0.1) is 22.2 Å². The number of thiazole rings is 1. The average molecular weight is 447 g/mol. The van der Waals surface area contributed by atoms with Crippen molar-refractivity contribution in [3.8, 4) is 10.9 Å². The Morgan fingerprint density at radius 2 is 1.83 bits per heavy atom. The molecule has 0 unspecified atom stereocenters. The first-order chi connectivity index (χ1) is 14.3. The van der Waals surface area contributed by atoms with Gasteiger partial charge in [-0.15, -0.1) is 0 Å². The van der Waals surface area contributed by atoms with Gasteiger partial charge in [0.2, 0.25) is 0 Å². The van der Waals surface area contributed by atoms with E-state index in [9.17, 15) is 13.2 Å². The van der Waals surface area contributed by atoms with E-state index in [1.54, 1.807) is 24.1 Å². The zero-order valence-electron chi connectivity index (χ0n) is 16.7. The van der Waals surface area contributed by atoms with Crippen molar-refractivity contribution in [2.75, 3.05) is 26.5 Å². The molecule has 2 aromatic carbocycles. The molecule has 158 valence electrons. The van der Waals surface area contributed by atoms with Crippen LogP contribution >= 0.6 is 11.3 Å². The summed E-state index contributed by atoms with van der Waals surface area (Å²) in [6.07, 6.45) is 2.58. The number of carbonyl (C=O) groups is 1. The Bertz CT molecular complexity index is 1160. The lowest BCUT2D eigenvalue weighted by molar-refractivity contribution is 0.0595. The van der Waals surface area contributed by atoms with Crippen LogP contribution in [0.5, 0.6) is 10.9 Å². The van der Waals surface area contributed by atoms with Gasteiger partial charge in [-0.05, 0) is 42.5 Å². The number of rotatable bonds is 5. The van der Waals surface area contributed by atoms with E-state index in [2.05, 4.69) is 4.98 Å². The van der Waals surface area contributed by atoms with E-state index in [4.69, 9.17) is 9.47 Å². The normalized spacial score (nSPS) is 15.3. The fraction of sp³-hybridized carbons (Fsp3) is 0.333. The van der Waals surface area contributed by atoms with Crippen LogP contribution in [0.4, 0.5) is 0 Å². The molecule has 1 fully saturated rings. The largest absolute Gasteiger partial charge is 0.497 e. The third-order valence-electron chi connectivity index (χ3n) is 5.10. The number of carbonyl (C=O) groups excluding carboxylic acids is 1. The highest BCUT2D eigenvalue weighted by Gasteiger charge is 2.25. The first-order valence-electron chi connectivity index (χ1n) is 9.54. The summed E-state index contributed by atoms with van der Waals surface area (Å²) in [6.45, 7) is 1.16. The number of fused-ring (bicyclic) bond motifs is 1. The highest BCUT2D eigenvalue weighted by Crippen LogP contribution is 2.32. The second-order valence-corrected chi connectivity index (χ2v) is 10.2. The highest BCUT2D eigenvalue weighted by atomic mass is 32.2. The van der Waals surface area contributed by atoms with E-state index in [0.29, 0.717) is 36.7 Å². The fourth-order valence-corrected chi connectivity index (χ4v) is 4.95. The third-order valence-corrected chi connectivity index (χ3v) is 7.14. The summed E-state index contributed by atoms with van der Waals surface area (Å²) in [5, 5.41) is 0.624. The number of piperidine rings is 1. The minimum absolute atomic E-state index is 0.00381. The molecule has 0 radical (unpaired) electrons. The van der Waals surface area contributed by atoms with E-state index in [1.807, 2.05) is 18.2 Å². The first-order valence-corrected chi connectivity index (χ1v) is 12.2. The van der Waals surface area contributed by atoms with Crippen LogP contribution in [0, 0.1) is 0 Å².